The minimum absolute atomic E-state index is 0.0438. The molecular formula is C24H16F4N6O. The molecule has 0 saturated carbocycles. The van der Waals surface area contributed by atoms with Crippen molar-refractivity contribution >= 4 is 17.2 Å². The Hall–Kier alpha value is -4.54. The van der Waals surface area contributed by atoms with Gasteiger partial charge in [0.1, 0.15) is 22.9 Å². The topological polar surface area (TPSA) is 77.1 Å². The van der Waals surface area contributed by atoms with E-state index in [1.165, 1.54) is 47.4 Å². The first kappa shape index (κ1) is 22.3. The van der Waals surface area contributed by atoms with E-state index in [9.17, 15) is 22.4 Å². The number of aromatic nitrogens is 5. The zero-order valence-electron chi connectivity index (χ0n) is 17.9. The van der Waals surface area contributed by atoms with Gasteiger partial charge in [0.05, 0.1) is 30.3 Å². The van der Waals surface area contributed by atoms with Crippen LogP contribution in [0.3, 0.4) is 0 Å². The van der Waals surface area contributed by atoms with E-state index < -0.39 is 23.8 Å². The molecular weight excluding hydrogens is 464 g/mol. The molecule has 0 fully saturated rings. The van der Waals surface area contributed by atoms with Crippen LogP contribution in [0.15, 0.2) is 73.2 Å². The van der Waals surface area contributed by atoms with Crippen molar-refractivity contribution in [3.63, 3.8) is 0 Å². The molecule has 1 amide bonds. The van der Waals surface area contributed by atoms with Crippen molar-refractivity contribution in [2.45, 2.75) is 13.0 Å². The molecule has 0 radical (unpaired) electrons. The third kappa shape index (κ3) is 4.47. The number of carbonyl (C=O) groups excluding carboxylic acids is 1. The highest BCUT2D eigenvalue weighted by Gasteiger charge is 2.22. The van der Waals surface area contributed by atoms with Crippen LogP contribution in [0.4, 0.5) is 23.2 Å². The first-order valence-corrected chi connectivity index (χ1v) is 10.4. The second kappa shape index (κ2) is 9.01. The summed E-state index contributed by atoms with van der Waals surface area (Å²) < 4.78 is 57.0. The fourth-order valence-electron chi connectivity index (χ4n) is 3.58. The van der Waals surface area contributed by atoms with Crippen LogP contribution >= 0.6 is 0 Å². The number of hydrogen-bond acceptors (Lipinski definition) is 4. The number of carbonyl (C=O) groups is 1. The summed E-state index contributed by atoms with van der Waals surface area (Å²) in [5.74, 6) is -1.50. The zero-order valence-corrected chi connectivity index (χ0v) is 17.9. The lowest BCUT2D eigenvalue weighted by Crippen LogP contribution is -2.12. The largest absolute Gasteiger partial charge is 0.319 e. The number of amides is 1. The van der Waals surface area contributed by atoms with Crippen LogP contribution in [0.2, 0.25) is 0 Å². The number of benzene rings is 2. The number of rotatable bonds is 6. The van der Waals surface area contributed by atoms with Crippen molar-refractivity contribution < 1.29 is 22.4 Å². The van der Waals surface area contributed by atoms with E-state index in [0.29, 0.717) is 16.8 Å². The van der Waals surface area contributed by atoms with Gasteiger partial charge in [0, 0.05) is 17.3 Å². The van der Waals surface area contributed by atoms with Crippen molar-refractivity contribution in [1.29, 1.82) is 0 Å². The number of hydrogen-bond donors (Lipinski definition) is 1. The molecule has 3 heterocycles. The standard InChI is InChI=1S/C24H16F4N6O/c25-16-7-5-14(6-8-16)20-9-21(22(27)28)34-23(32-20)18(11-30-34)24(35)31-17-10-29-33(13-17)12-15-3-1-2-4-19(15)26/h1-11,13,22H,12H2,(H,31,35). The molecule has 0 bridgehead atoms. The Morgan fingerprint density at radius 1 is 1.00 bits per heavy atom. The lowest BCUT2D eigenvalue weighted by Gasteiger charge is -2.08. The Kier molecular flexibility index (Phi) is 5.73. The predicted molar refractivity (Wildman–Crippen MR) is 119 cm³/mol. The van der Waals surface area contributed by atoms with Crippen LogP contribution in [0, 0.1) is 11.6 Å². The maximum absolute atomic E-state index is 13.9. The molecule has 176 valence electrons. The number of anilines is 1. The summed E-state index contributed by atoms with van der Waals surface area (Å²) in [5, 5.41) is 10.7. The first-order chi connectivity index (χ1) is 16.9. The molecule has 7 nitrogen and oxygen atoms in total. The van der Waals surface area contributed by atoms with Gasteiger partial charge < -0.3 is 5.32 Å². The van der Waals surface area contributed by atoms with Crippen molar-refractivity contribution in [3.8, 4) is 11.3 Å². The van der Waals surface area contributed by atoms with Gasteiger partial charge in [-0.05, 0) is 36.4 Å². The SMILES string of the molecule is O=C(Nc1cnn(Cc2ccccc2F)c1)c1cnn2c(C(F)F)cc(-c3ccc(F)cc3)nc12. The van der Waals surface area contributed by atoms with E-state index in [1.807, 2.05) is 0 Å². The van der Waals surface area contributed by atoms with E-state index in [-0.39, 0.29) is 29.3 Å². The summed E-state index contributed by atoms with van der Waals surface area (Å²) in [6.07, 6.45) is 1.14. The van der Waals surface area contributed by atoms with Gasteiger partial charge in [0.2, 0.25) is 0 Å². The summed E-state index contributed by atoms with van der Waals surface area (Å²) in [6.45, 7) is 0.152. The molecule has 0 unspecified atom stereocenters. The summed E-state index contributed by atoms with van der Waals surface area (Å²) in [6, 6.07) is 12.6. The summed E-state index contributed by atoms with van der Waals surface area (Å²) >= 11 is 0. The number of nitrogens with zero attached hydrogens (tertiary/aromatic N) is 5. The second-order valence-corrected chi connectivity index (χ2v) is 7.64. The van der Waals surface area contributed by atoms with Crippen LogP contribution in [-0.2, 0) is 6.54 Å². The highest BCUT2D eigenvalue weighted by atomic mass is 19.3. The van der Waals surface area contributed by atoms with E-state index in [0.717, 1.165) is 16.8 Å². The highest BCUT2D eigenvalue weighted by molar-refractivity contribution is 6.08. The summed E-state index contributed by atoms with van der Waals surface area (Å²) in [7, 11) is 0. The minimum Gasteiger partial charge on any atom is -0.319 e. The molecule has 2 aromatic carbocycles. The van der Waals surface area contributed by atoms with Crippen molar-refractivity contribution in [2.75, 3.05) is 5.32 Å². The van der Waals surface area contributed by atoms with Gasteiger partial charge in [-0.1, -0.05) is 18.2 Å². The van der Waals surface area contributed by atoms with E-state index in [4.69, 9.17) is 0 Å². The Balaban J connectivity index is 1.45. The number of halogens is 4. The highest BCUT2D eigenvalue weighted by Crippen LogP contribution is 2.27. The molecule has 11 heteroatoms. The monoisotopic (exact) mass is 480 g/mol. The maximum Gasteiger partial charge on any atom is 0.280 e. The van der Waals surface area contributed by atoms with E-state index >= 15 is 0 Å². The lowest BCUT2D eigenvalue weighted by molar-refractivity contribution is 0.102. The van der Waals surface area contributed by atoms with Crippen molar-refractivity contribution in [3.05, 3.63) is 102 Å². The fourth-order valence-corrected chi connectivity index (χ4v) is 3.58. The molecule has 0 aliphatic heterocycles. The predicted octanol–water partition coefficient (Wildman–Crippen LogP) is 5.11. The van der Waals surface area contributed by atoms with Crippen LogP contribution in [0.5, 0.6) is 0 Å². The molecule has 0 aliphatic rings. The summed E-state index contributed by atoms with van der Waals surface area (Å²) in [4.78, 5) is 17.3. The Morgan fingerprint density at radius 3 is 2.51 bits per heavy atom. The molecule has 5 rings (SSSR count). The lowest BCUT2D eigenvalue weighted by atomic mass is 10.1. The molecule has 0 saturated heterocycles. The third-order valence-electron chi connectivity index (χ3n) is 5.29. The van der Waals surface area contributed by atoms with Gasteiger partial charge in [-0.3, -0.25) is 9.48 Å². The maximum atomic E-state index is 13.9. The van der Waals surface area contributed by atoms with Gasteiger partial charge >= 0.3 is 0 Å². The molecule has 1 N–H and O–H groups in total. The first-order valence-electron chi connectivity index (χ1n) is 10.4. The van der Waals surface area contributed by atoms with Gasteiger partial charge in [-0.2, -0.15) is 10.2 Å². The van der Waals surface area contributed by atoms with E-state index in [1.54, 1.807) is 18.2 Å². The quantitative estimate of drug-likeness (QED) is 0.343. The van der Waals surface area contributed by atoms with E-state index in [2.05, 4.69) is 20.5 Å². The van der Waals surface area contributed by atoms with Gasteiger partial charge in [-0.15, -0.1) is 0 Å². The average molecular weight is 480 g/mol. The Labute approximate surface area is 195 Å². The summed E-state index contributed by atoms with van der Waals surface area (Å²) in [5.41, 5.74) is 0.683. The van der Waals surface area contributed by atoms with Gasteiger partial charge in [0.15, 0.2) is 5.65 Å². The second-order valence-electron chi connectivity index (χ2n) is 7.64. The normalized spacial score (nSPS) is 11.3. The third-order valence-corrected chi connectivity index (χ3v) is 5.29. The molecule has 3 aromatic heterocycles. The number of nitrogens with one attached hydrogen (secondary N) is 1. The number of alkyl halides is 2. The molecule has 35 heavy (non-hydrogen) atoms. The van der Waals surface area contributed by atoms with Crippen LogP contribution in [-0.4, -0.2) is 30.3 Å². The minimum atomic E-state index is -2.90. The van der Waals surface area contributed by atoms with Crippen LogP contribution in [0.25, 0.3) is 16.9 Å². The van der Waals surface area contributed by atoms with Crippen molar-refractivity contribution in [1.82, 2.24) is 24.4 Å². The molecule has 0 spiro atoms. The zero-order chi connectivity index (χ0) is 24.5. The Bertz CT molecular complexity index is 1530. The smallest absolute Gasteiger partial charge is 0.280 e. The Morgan fingerprint density at radius 2 is 1.77 bits per heavy atom. The van der Waals surface area contributed by atoms with Crippen LogP contribution in [0.1, 0.15) is 28.0 Å². The van der Waals surface area contributed by atoms with Gasteiger partial charge in [0.25, 0.3) is 12.3 Å². The molecule has 0 atom stereocenters. The van der Waals surface area contributed by atoms with Crippen LogP contribution < -0.4 is 5.32 Å². The molecule has 0 aliphatic carbocycles. The van der Waals surface area contributed by atoms with Crippen molar-refractivity contribution in [2.24, 2.45) is 0 Å². The average Bonchev–Trinajstić information content (AvgIpc) is 3.47. The fraction of sp³-hybridized carbons (Fsp3) is 0.0833. The molecule has 5 aromatic rings. The number of fused-ring (bicyclic) bond motifs is 1. The van der Waals surface area contributed by atoms with Gasteiger partial charge in [-0.25, -0.2) is 27.1 Å².